The van der Waals surface area contributed by atoms with Crippen molar-refractivity contribution in [2.24, 2.45) is 17.6 Å². The minimum absolute atomic E-state index is 0.0512. The lowest BCUT2D eigenvalue weighted by Gasteiger charge is -2.29. The van der Waals surface area contributed by atoms with Crippen LogP contribution in [0.4, 0.5) is 13.2 Å². The van der Waals surface area contributed by atoms with Crippen molar-refractivity contribution in [3.8, 4) is 0 Å². The van der Waals surface area contributed by atoms with Crippen LogP contribution in [0.25, 0.3) is 0 Å². The Kier molecular flexibility index (Phi) is 5.65. The molecule has 0 spiro atoms. The lowest BCUT2D eigenvalue weighted by Crippen LogP contribution is -2.48. The molecule has 0 aliphatic rings. The smallest absolute Gasteiger partial charge is 0.404 e. The Morgan fingerprint density at radius 2 is 1.67 bits per heavy atom. The van der Waals surface area contributed by atoms with Crippen molar-refractivity contribution in [2.75, 3.05) is 0 Å². The summed E-state index contributed by atoms with van der Waals surface area (Å²) in [5, 5.41) is 0. The molecular weight excluding hydrogens is 247 g/mol. The van der Waals surface area contributed by atoms with Crippen molar-refractivity contribution in [1.29, 1.82) is 0 Å². The molecule has 0 unspecified atom stereocenters. The number of ether oxygens (including phenoxy) is 1. The number of carbonyl (C=O) groups is 1. The minimum Gasteiger partial charge on any atom is -0.460 e. The summed E-state index contributed by atoms with van der Waals surface area (Å²) in [5.74, 6) is -2.32. The number of nitrogens with two attached hydrogens (primary N) is 1. The number of hydrogen-bond acceptors (Lipinski definition) is 3. The molecule has 0 bridgehead atoms. The van der Waals surface area contributed by atoms with Gasteiger partial charge in [-0.25, -0.2) is 0 Å². The summed E-state index contributed by atoms with van der Waals surface area (Å²) in [6, 6.07) is -2.19. The van der Waals surface area contributed by atoms with Crippen LogP contribution in [0, 0.1) is 11.8 Å². The molecule has 108 valence electrons. The molecule has 0 aromatic carbocycles. The van der Waals surface area contributed by atoms with Gasteiger partial charge in [0.25, 0.3) is 0 Å². The molecule has 0 aliphatic carbocycles. The maximum absolute atomic E-state index is 12.6. The van der Waals surface area contributed by atoms with Gasteiger partial charge in [-0.05, 0) is 33.1 Å². The third-order valence-electron chi connectivity index (χ3n) is 2.25. The predicted octanol–water partition coefficient (Wildman–Crippen LogP) is 2.88. The molecule has 0 aliphatic heterocycles. The molecule has 18 heavy (non-hydrogen) atoms. The zero-order valence-corrected chi connectivity index (χ0v) is 11.5. The number of rotatable bonds is 4. The molecule has 3 nitrogen and oxygen atoms in total. The molecule has 0 saturated carbocycles. The van der Waals surface area contributed by atoms with E-state index < -0.39 is 29.7 Å². The molecule has 0 aromatic rings. The Morgan fingerprint density at radius 3 is 1.94 bits per heavy atom. The predicted molar refractivity (Wildman–Crippen MR) is 62.8 cm³/mol. The Balaban J connectivity index is 4.95. The summed E-state index contributed by atoms with van der Waals surface area (Å²) in [7, 11) is 0. The number of carbonyl (C=O) groups excluding carboxylic acids is 1. The third kappa shape index (κ3) is 6.23. The van der Waals surface area contributed by atoms with Crippen molar-refractivity contribution in [3.05, 3.63) is 0 Å². The van der Waals surface area contributed by atoms with E-state index in [1.807, 2.05) is 0 Å². The van der Waals surface area contributed by atoms with Crippen LogP contribution < -0.4 is 5.73 Å². The molecule has 0 rings (SSSR count). The van der Waals surface area contributed by atoms with Gasteiger partial charge in [0, 0.05) is 0 Å². The molecule has 6 heteroatoms. The van der Waals surface area contributed by atoms with Gasteiger partial charge in [0.2, 0.25) is 0 Å². The maximum Gasteiger partial charge on any atom is 0.404 e. The SMILES string of the molecule is CC(C)C[C@H](C(=O)OC(C)(C)C)[C@H](N)C(F)(F)F. The summed E-state index contributed by atoms with van der Waals surface area (Å²) >= 11 is 0. The van der Waals surface area contributed by atoms with Gasteiger partial charge in [-0.2, -0.15) is 13.2 Å². The normalized spacial score (nSPS) is 16.6. The van der Waals surface area contributed by atoms with E-state index in [1.54, 1.807) is 34.6 Å². The number of hydrogen-bond donors (Lipinski definition) is 1. The minimum atomic E-state index is -4.60. The number of halogens is 3. The highest BCUT2D eigenvalue weighted by atomic mass is 19.4. The first-order valence-electron chi connectivity index (χ1n) is 5.89. The highest BCUT2D eigenvalue weighted by molar-refractivity contribution is 5.73. The first kappa shape index (κ1) is 17.2. The van der Waals surface area contributed by atoms with E-state index in [1.165, 1.54) is 0 Å². The Morgan fingerprint density at radius 1 is 1.22 bits per heavy atom. The zero-order valence-electron chi connectivity index (χ0n) is 11.5. The lowest BCUT2D eigenvalue weighted by atomic mass is 9.90. The van der Waals surface area contributed by atoms with Crippen molar-refractivity contribution < 1.29 is 22.7 Å². The van der Waals surface area contributed by atoms with Crippen molar-refractivity contribution in [3.63, 3.8) is 0 Å². The zero-order chi connectivity index (χ0) is 14.7. The number of alkyl halides is 3. The van der Waals surface area contributed by atoms with Crippen molar-refractivity contribution in [1.82, 2.24) is 0 Å². The Bertz CT molecular complexity index is 282. The summed E-state index contributed by atoms with van der Waals surface area (Å²) in [6.45, 7) is 8.30. The van der Waals surface area contributed by atoms with E-state index in [9.17, 15) is 18.0 Å². The molecule has 0 fully saturated rings. The van der Waals surface area contributed by atoms with E-state index in [-0.39, 0.29) is 12.3 Å². The summed E-state index contributed by atoms with van der Waals surface area (Å²) in [4.78, 5) is 11.8. The molecule has 2 N–H and O–H groups in total. The molecule has 0 heterocycles. The van der Waals surface area contributed by atoms with Gasteiger partial charge in [0.15, 0.2) is 0 Å². The molecule has 0 aromatic heterocycles. The second kappa shape index (κ2) is 5.91. The van der Waals surface area contributed by atoms with Gasteiger partial charge in [0.1, 0.15) is 11.6 Å². The van der Waals surface area contributed by atoms with E-state index >= 15 is 0 Å². The molecule has 0 radical (unpaired) electrons. The highest BCUT2D eigenvalue weighted by Crippen LogP contribution is 2.29. The fourth-order valence-corrected chi connectivity index (χ4v) is 1.50. The van der Waals surface area contributed by atoms with Crippen LogP contribution in [-0.2, 0) is 9.53 Å². The van der Waals surface area contributed by atoms with Gasteiger partial charge in [-0.3, -0.25) is 4.79 Å². The van der Waals surface area contributed by atoms with Crippen LogP contribution in [-0.4, -0.2) is 23.8 Å². The fraction of sp³-hybridized carbons (Fsp3) is 0.917. The van der Waals surface area contributed by atoms with Crippen LogP contribution >= 0.6 is 0 Å². The second-order valence-corrected chi connectivity index (χ2v) is 5.84. The van der Waals surface area contributed by atoms with Crippen molar-refractivity contribution in [2.45, 2.75) is 58.9 Å². The summed E-state index contributed by atoms with van der Waals surface area (Å²) < 4.78 is 42.8. The van der Waals surface area contributed by atoms with Crippen LogP contribution in [0.3, 0.4) is 0 Å². The lowest BCUT2D eigenvalue weighted by molar-refractivity contribution is -0.184. The standard InChI is InChI=1S/C12H22F3NO2/c1-7(2)6-8(9(16)12(13,14)15)10(17)18-11(3,4)5/h7-9H,6,16H2,1-5H3/t8-,9-/m0/s1. The van der Waals surface area contributed by atoms with Crippen molar-refractivity contribution >= 4 is 5.97 Å². The summed E-state index contributed by atoms with van der Waals surface area (Å²) in [5.41, 5.74) is 4.32. The van der Waals surface area contributed by atoms with Gasteiger partial charge >= 0.3 is 12.1 Å². The van der Waals surface area contributed by atoms with E-state index in [2.05, 4.69) is 0 Å². The van der Waals surface area contributed by atoms with Crippen LogP contribution in [0.1, 0.15) is 41.0 Å². The molecule has 0 saturated heterocycles. The monoisotopic (exact) mass is 269 g/mol. The van der Waals surface area contributed by atoms with Crippen LogP contribution in [0.2, 0.25) is 0 Å². The van der Waals surface area contributed by atoms with E-state index in [0.717, 1.165) is 0 Å². The van der Waals surface area contributed by atoms with Gasteiger partial charge < -0.3 is 10.5 Å². The van der Waals surface area contributed by atoms with Gasteiger partial charge in [0.05, 0.1) is 5.92 Å². The first-order chi connectivity index (χ1) is 7.84. The molecular formula is C12H22F3NO2. The first-order valence-corrected chi connectivity index (χ1v) is 5.89. The largest absolute Gasteiger partial charge is 0.460 e. The van der Waals surface area contributed by atoms with Gasteiger partial charge in [-0.1, -0.05) is 13.8 Å². The maximum atomic E-state index is 12.6. The number of esters is 1. The average Bonchev–Trinajstić information content (AvgIpc) is 2.08. The highest BCUT2D eigenvalue weighted by Gasteiger charge is 2.46. The quantitative estimate of drug-likeness (QED) is 0.798. The van der Waals surface area contributed by atoms with E-state index in [0.29, 0.717) is 0 Å². The summed E-state index contributed by atoms with van der Waals surface area (Å²) in [6.07, 6.45) is -4.55. The van der Waals surface area contributed by atoms with Gasteiger partial charge in [-0.15, -0.1) is 0 Å². The molecule has 0 amide bonds. The fourth-order valence-electron chi connectivity index (χ4n) is 1.50. The topological polar surface area (TPSA) is 52.3 Å². The van der Waals surface area contributed by atoms with E-state index in [4.69, 9.17) is 10.5 Å². The van der Waals surface area contributed by atoms with Crippen LogP contribution in [0.5, 0.6) is 0 Å². The Hall–Kier alpha value is -0.780. The van der Waals surface area contributed by atoms with Crippen LogP contribution in [0.15, 0.2) is 0 Å². The average molecular weight is 269 g/mol. The molecule has 2 atom stereocenters. The third-order valence-corrected chi connectivity index (χ3v) is 2.25. The second-order valence-electron chi connectivity index (χ2n) is 5.84. The Labute approximate surface area is 106 Å².